The molecule has 0 saturated carbocycles. The molecule has 0 unspecified atom stereocenters. The third-order valence-electron chi connectivity index (χ3n) is 7.29. The van der Waals surface area contributed by atoms with Gasteiger partial charge in [0.25, 0.3) is 5.91 Å². The highest BCUT2D eigenvalue weighted by Gasteiger charge is 2.28. The van der Waals surface area contributed by atoms with Gasteiger partial charge in [0.05, 0.1) is 41.2 Å². The quantitative estimate of drug-likeness (QED) is 0.269. The molecule has 4 aromatic rings. The van der Waals surface area contributed by atoms with Crippen molar-refractivity contribution in [1.29, 1.82) is 0 Å². The number of anilines is 2. The Hall–Kier alpha value is -5.17. The van der Waals surface area contributed by atoms with Crippen LogP contribution in [0.5, 0.6) is 0 Å². The zero-order valence-electron chi connectivity index (χ0n) is 23.9. The Kier molecular flexibility index (Phi) is 8.67. The van der Waals surface area contributed by atoms with E-state index in [1.165, 1.54) is 30.8 Å². The molecule has 2 atom stereocenters. The molecule has 3 heterocycles. The van der Waals surface area contributed by atoms with Crippen LogP contribution in [0.1, 0.15) is 47.7 Å². The van der Waals surface area contributed by atoms with Crippen molar-refractivity contribution in [2.75, 3.05) is 17.7 Å². The number of Topliss-reactive ketones (excluding diaryl/α,β-unsaturated/α-hetero) is 1. The lowest BCUT2D eigenvalue weighted by molar-refractivity contribution is -0.130. The number of carbonyl (C=O) groups excluding carboxylic acids is 4. The number of ether oxygens (including phenoxy) is 1. The van der Waals surface area contributed by atoms with Crippen LogP contribution in [-0.2, 0) is 14.3 Å². The minimum Gasteiger partial charge on any atom is -0.453 e. The van der Waals surface area contributed by atoms with Crippen molar-refractivity contribution in [3.8, 4) is 16.8 Å². The first-order valence-corrected chi connectivity index (χ1v) is 13.9. The van der Waals surface area contributed by atoms with E-state index in [1.807, 2.05) is 0 Å². The molecule has 0 fully saturated rings. The van der Waals surface area contributed by atoms with E-state index in [1.54, 1.807) is 49.5 Å². The minimum absolute atomic E-state index is 0.0309. The predicted octanol–water partition coefficient (Wildman–Crippen LogP) is 5.02. The Balaban J connectivity index is 1.51. The molecule has 2 aromatic heterocycles. The lowest BCUT2D eigenvalue weighted by Gasteiger charge is -2.22. The third kappa shape index (κ3) is 6.13. The van der Waals surface area contributed by atoms with Gasteiger partial charge in [-0.05, 0) is 62.2 Å². The predicted molar refractivity (Wildman–Crippen MR) is 159 cm³/mol. The van der Waals surface area contributed by atoms with Gasteiger partial charge in [-0.25, -0.2) is 13.9 Å². The monoisotopic (exact) mass is 619 g/mol. The number of halogens is 2. The van der Waals surface area contributed by atoms with Crippen LogP contribution in [0, 0.1) is 18.7 Å². The van der Waals surface area contributed by atoms with Gasteiger partial charge in [0.1, 0.15) is 11.5 Å². The molecular formula is C30H27ClFN7O5. The minimum atomic E-state index is -1.00. The fourth-order valence-electron chi connectivity index (χ4n) is 4.79. The van der Waals surface area contributed by atoms with Gasteiger partial charge in [0, 0.05) is 23.9 Å². The van der Waals surface area contributed by atoms with Crippen molar-refractivity contribution in [2.45, 2.75) is 32.7 Å². The Morgan fingerprint density at radius 2 is 1.95 bits per heavy atom. The summed E-state index contributed by atoms with van der Waals surface area (Å²) in [6.07, 6.45) is 0.965. The molecule has 0 spiro atoms. The number of nitrogens with one attached hydrogen (secondary N) is 3. The normalized spacial score (nSPS) is 16.6. The van der Waals surface area contributed by atoms with Gasteiger partial charge in [0.2, 0.25) is 5.91 Å². The number of ketones is 1. The number of hydrogen-bond donors (Lipinski definition) is 3. The number of carbonyl (C=O) groups is 4. The number of fused-ring (bicyclic) bond motifs is 4. The van der Waals surface area contributed by atoms with E-state index in [9.17, 15) is 23.6 Å². The van der Waals surface area contributed by atoms with E-state index in [0.29, 0.717) is 28.2 Å². The highest BCUT2D eigenvalue weighted by Crippen LogP contribution is 2.34. The number of nitrogens with zero attached hydrogens (tertiary/aromatic N) is 4. The number of aromatic nitrogens is 4. The smallest absolute Gasteiger partial charge is 0.411 e. The number of pyridine rings is 1. The van der Waals surface area contributed by atoms with E-state index in [0.717, 1.165) is 0 Å². The summed E-state index contributed by atoms with van der Waals surface area (Å²) in [5, 5.41) is 16.1. The number of rotatable bonds is 4. The molecule has 3 N–H and O–H groups in total. The highest BCUT2D eigenvalue weighted by molar-refractivity contribution is 6.30. The number of hydrogen-bond acceptors (Lipinski definition) is 8. The molecule has 2 aromatic carbocycles. The third-order valence-corrected chi connectivity index (χ3v) is 7.58. The molecule has 0 radical (unpaired) electrons. The molecule has 1 aliphatic rings. The van der Waals surface area contributed by atoms with Crippen LogP contribution in [0.4, 0.5) is 20.6 Å². The van der Waals surface area contributed by atoms with Gasteiger partial charge in [-0.3, -0.25) is 24.7 Å². The van der Waals surface area contributed by atoms with E-state index in [2.05, 4.69) is 36.0 Å². The zero-order valence-corrected chi connectivity index (χ0v) is 24.6. The van der Waals surface area contributed by atoms with Crippen molar-refractivity contribution in [2.24, 2.45) is 5.92 Å². The van der Waals surface area contributed by atoms with Gasteiger partial charge in [-0.1, -0.05) is 28.9 Å². The second-order valence-electron chi connectivity index (χ2n) is 10.1. The van der Waals surface area contributed by atoms with Gasteiger partial charge < -0.3 is 15.4 Å². The molecule has 5 rings (SSSR count). The Morgan fingerprint density at radius 1 is 1.16 bits per heavy atom. The van der Waals surface area contributed by atoms with Gasteiger partial charge in [-0.15, -0.1) is 5.10 Å². The first-order valence-electron chi connectivity index (χ1n) is 13.5. The molecule has 0 saturated heterocycles. The maximum absolute atomic E-state index is 14.7. The molecule has 44 heavy (non-hydrogen) atoms. The molecule has 3 amide bonds. The summed E-state index contributed by atoms with van der Waals surface area (Å²) in [4.78, 5) is 55.9. The molecule has 226 valence electrons. The zero-order chi connectivity index (χ0) is 31.5. The number of amides is 3. The van der Waals surface area contributed by atoms with Crippen molar-refractivity contribution in [1.82, 2.24) is 25.3 Å². The van der Waals surface area contributed by atoms with Crippen molar-refractivity contribution < 1.29 is 28.3 Å². The van der Waals surface area contributed by atoms with Gasteiger partial charge in [-0.2, -0.15) is 0 Å². The van der Waals surface area contributed by atoms with Crippen LogP contribution in [0.25, 0.3) is 16.8 Å². The molecule has 1 aliphatic heterocycles. The van der Waals surface area contributed by atoms with Gasteiger partial charge >= 0.3 is 6.09 Å². The first kappa shape index (κ1) is 30.3. The van der Waals surface area contributed by atoms with Crippen molar-refractivity contribution in [3.63, 3.8) is 0 Å². The van der Waals surface area contributed by atoms with E-state index in [-0.39, 0.29) is 40.7 Å². The van der Waals surface area contributed by atoms with E-state index >= 15 is 0 Å². The summed E-state index contributed by atoms with van der Waals surface area (Å²) in [6.45, 7) is 3.07. The fraction of sp³-hybridized carbons (Fsp3) is 0.233. The largest absolute Gasteiger partial charge is 0.453 e. The van der Waals surface area contributed by atoms with Crippen LogP contribution in [0.3, 0.4) is 0 Å². The second kappa shape index (κ2) is 12.6. The Bertz CT molecular complexity index is 1790. The first-order chi connectivity index (χ1) is 21.1. The summed E-state index contributed by atoms with van der Waals surface area (Å²) in [7, 11) is 1.23. The number of benzene rings is 2. The summed E-state index contributed by atoms with van der Waals surface area (Å²) in [5.41, 5.74) is 2.66. The van der Waals surface area contributed by atoms with E-state index in [4.69, 9.17) is 11.6 Å². The summed E-state index contributed by atoms with van der Waals surface area (Å²) < 4.78 is 20.5. The Labute approximate surface area is 256 Å². The maximum Gasteiger partial charge on any atom is 0.411 e. The van der Waals surface area contributed by atoms with Crippen LogP contribution in [-0.4, -0.2) is 50.8 Å². The number of methoxy groups -OCH3 is 1. The van der Waals surface area contributed by atoms with Crippen LogP contribution >= 0.6 is 11.6 Å². The molecular weight excluding hydrogens is 593 g/mol. The molecule has 14 heteroatoms. The van der Waals surface area contributed by atoms with Gasteiger partial charge in [0.15, 0.2) is 11.5 Å². The molecule has 12 nitrogen and oxygen atoms in total. The fourth-order valence-corrected chi connectivity index (χ4v) is 4.96. The van der Waals surface area contributed by atoms with Crippen LogP contribution in [0.15, 0.2) is 54.7 Å². The van der Waals surface area contributed by atoms with Crippen molar-refractivity contribution >= 4 is 46.7 Å². The summed E-state index contributed by atoms with van der Waals surface area (Å²) in [6, 6.07) is 12.0. The van der Waals surface area contributed by atoms with E-state index < -0.39 is 35.7 Å². The Morgan fingerprint density at radius 3 is 2.73 bits per heavy atom. The second-order valence-corrected chi connectivity index (χ2v) is 10.5. The molecule has 0 aliphatic carbocycles. The van der Waals surface area contributed by atoms with Crippen LogP contribution < -0.4 is 16.0 Å². The average molecular weight is 620 g/mol. The lowest BCUT2D eigenvalue weighted by Crippen LogP contribution is -2.32. The standard InChI is InChI=1S/C30H27ClFN7O5/c1-15-25(40)10-9-21(35-29(42)27-16(2)39(38-37-27)24-6-4-5-20(31)26(24)32)23-13-17(11-12-33-23)19-8-7-18(34-30(43)44-3)14-22(19)36-28(15)41/h4-8,11-15,21H,9-10H2,1-3H3,(H,34,43)(H,35,42)(H,36,41)/t15-,21+/m1/s1. The summed E-state index contributed by atoms with van der Waals surface area (Å²) in [5.74, 6) is -3.20. The summed E-state index contributed by atoms with van der Waals surface area (Å²) >= 11 is 5.92. The topological polar surface area (TPSA) is 157 Å². The SMILES string of the molecule is COC(=O)Nc1ccc2c(c1)NC(=O)[C@H](C)C(=O)CC[C@H](NC(=O)c1nnn(-c3cccc(Cl)c3F)c1C)c1cc-2ccn1. The average Bonchev–Trinajstić information content (AvgIpc) is 3.40. The maximum atomic E-state index is 14.7. The molecule has 2 bridgehead atoms. The van der Waals surface area contributed by atoms with Crippen molar-refractivity contribution in [3.05, 3.63) is 82.6 Å². The lowest BCUT2D eigenvalue weighted by atomic mass is 9.94. The highest BCUT2D eigenvalue weighted by atomic mass is 35.5. The van der Waals surface area contributed by atoms with Crippen LogP contribution in [0.2, 0.25) is 5.02 Å².